The molecule has 0 fully saturated rings. The summed E-state index contributed by atoms with van der Waals surface area (Å²) in [6, 6.07) is 12.8. The van der Waals surface area contributed by atoms with Gasteiger partial charge in [0.05, 0.1) is 0 Å². The van der Waals surface area contributed by atoms with Crippen LogP contribution in [-0.2, 0) is 6.42 Å². The van der Waals surface area contributed by atoms with Crippen molar-refractivity contribution < 1.29 is 0 Å². The highest BCUT2D eigenvalue weighted by molar-refractivity contribution is 6.10. The van der Waals surface area contributed by atoms with E-state index in [1.165, 1.54) is 37.9 Å². The first-order valence-electron chi connectivity index (χ1n) is 9.57. The van der Waals surface area contributed by atoms with Gasteiger partial charge in [0.1, 0.15) is 0 Å². The van der Waals surface area contributed by atoms with Crippen LogP contribution >= 0.6 is 0 Å². The number of rotatable bonds is 3. The van der Waals surface area contributed by atoms with Crippen LogP contribution in [0.2, 0.25) is 0 Å². The Labute approximate surface area is 158 Å². The van der Waals surface area contributed by atoms with E-state index >= 15 is 0 Å². The molecule has 0 N–H and O–H groups in total. The van der Waals surface area contributed by atoms with Gasteiger partial charge in [0.2, 0.25) is 0 Å². The fraction of sp³-hybridized carbons (Fsp3) is 0.231. The third kappa shape index (κ3) is 3.80. The van der Waals surface area contributed by atoms with Gasteiger partial charge in [0.25, 0.3) is 0 Å². The standard InChI is InChI=1S/C22H20.2C2H6/c1-5-10-18-20-13-8-11-15(4)21(20)17(7-3)19-14-9-12-16(6-2)22(18)19;2*1-2/h5-9,11-14H,1,3-4,10H2,2H3;2*1-2H3/b16-6-;;. The average Bonchev–Trinajstić information content (AvgIpc) is 2.71. The van der Waals surface area contributed by atoms with Crippen LogP contribution < -0.4 is 10.4 Å². The highest BCUT2D eigenvalue weighted by atomic mass is 14.2. The molecular weight excluding hydrogens is 312 g/mol. The molecule has 26 heavy (non-hydrogen) atoms. The van der Waals surface area contributed by atoms with Crippen molar-refractivity contribution in [3.8, 4) is 0 Å². The Hall–Kier alpha value is -2.60. The smallest absolute Gasteiger partial charge is 0.00357 e. The first-order valence-corrected chi connectivity index (χ1v) is 9.57. The second-order valence-electron chi connectivity index (χ2n) is 5.49. The number of hydrogen-bond donors (Lipinski definition) is 0. The first-order chi connectivity index (χ1) is 12.7. The maximum absolute atomic E-state index is 4.23. The first kappa shape index (κ1) is 21.4. The third-order valence-corrected chi connectivity index (χ3v) is 4.30. The monoisotopic (exact) mass is 344 g/mol. The lowest BCUT2D eigenvalue weighted by atomic mass is 9.88. The molecule has 0 amide bonds. The minimum atomic E-state index is 0.846. The molecule has 0 radical (unpaired) electrons. The van der Waals surface area contributed by atoms with Crippen molar-refractivity contribution in [2.45, 2.75) is 41.0 Å². The van der Waals surface area contributed by atoms with Crippen LogP contribution in [0.15, 0.2) is 55.6 Å². The Morgan fingerprint density at radius 3 is 2.04 bits per heavy atom. The summed E-state index contributed by atoms with van der Waals surface area (Å²) < 4.78 is 0. The van der Waals surface area contributed by atoms with Crippen molar-refractivity contribution in [2.24, 2.45) is 0 Å². The van der Waals surface area contributed by atoms with Crippen LogP contribution in [0.4, 0.5) is 0 Å². The minimum Gasteiger partial charge on any atom is -0.103 e. The van der Waals surface area contributed by atoms with E-state index in [2.05, 4.69) is 69.1 Å². The molecule has 0 spiro atoms. The maximum atomic E-state index is 4.23. The zero-order chi connectivity index (χ0) is 19.7. The molecule has 0 heterocycles. The van der Waals surface area contributed by atoms with Gasteiger partial charge in [-0.05, 0) is 56.5 Å². The molecule has 0 aliphatic rings. The van der Waals surface area contributed by atoms with Crippen molar-refractivity contribution in [1.82, 2.24) is 0 Å². The van der Waals surface area contributed by atoms with Gasteiger partial charge in [-0.3, -0.25) is 0 Å². The molecule has 0 heteroatoms. The molecule has 0 bridgehead atoms. The molecule has 0 aliphatic heterocycles. The SMILES string of the molecule is C=CCc1c2cccc(=C)c2c(C=C)c2ccc/c(=C/C)c12.CC.CC. The molecule has 0 saturated carbocycles. The largest absolute Gasteiger partial charge is 0.103 e. The number of allylic oxidation sites excluding steroid dienone is 1. The van der Waals surface area contributed by atoms with E-state index in [4.69, 9.17) is 0 Å². The zero-order valence-electron chi connectivity index (χ0n) is 17.0. The van der Waals surface area contributed by atoms with Crippen LogP contribution in [0.1, 0.15) is 45.7 Å². The summed E-state index contributed by atoms with van der Waals surface area (Å²) in [6.07, 6.45) is 6.95. The predicted octanol–water partition coefficient (Wildman–Crippen LogP) is 6.63. The van der Waals surface area contributed by atoms with Crippen LogP contribution in [0.25, 0.3) is 40.3 Å². The van der Waals surface area contributed by atoms with Crippen molar-refractivity contribution in [3.05, 3.63) is 77.2 Å². The predicted molar refractivity (Wildman–Crippen MR) is 123 cm³/mol. The van der Waals surface area contributed by atoms with Gasteiger partial charge in [-0.15, -0.1) is 6.58 Å². The van der Waals surface area contributed by atoms with Crippen molar-refractivity contribution in [3.63, 3.8) is 0 Å². The molecule has 3 aromatic carbocycles. The second kappa shape index (κ2) is 10.4. The van der Waals surface area contributed by atoms with Crippen LogP contribution in [0.3, 0.4) is 0 Å². The average molecular weight is 345 g/mol. The van der Waals surface area contributed by atoms with Crippen molar-refractivity contribution >= 4 is 40.3 Å². The Morgan fingerprint density at radius 1 is 0.846 bits per heavy atom. The fourth-order valence-electron chi connectivity index (χ4n) is 3.38. The summed E-state index contributed by atoms with van der Waals surface area (Å²) in [5, 5.41) is 7.31. The summed E-state index contributed by atoms with van der Waals surface area (Å²) >= 11 is 0. The van der Waals surface area contributed by atoms with Gasteiger partial charge in [-0.25, -0.2) is 0 Å². The molecule has 0 unspecified atom stereocenters. The number of fused-ring (bicyclic) bond motifs is 2. The fourth-order valence-corrected chi connectivity index (χ4v) is 3.38. The van der Waals surface area contributed by atoms with Crippen molar-refractivity contribution in [1.29, 1.82) is 0 Å². The van der Waals surface area contributed by atoms with Gasteiger partial charge in [-0.1, -0.05) is 95.5 Å². The quantitative estimate of drug-likeness (QED) is 0.369. The highest BCUT2D eigenvalue weighted by Gasteiger charge is 2.12. The molecule has 0 saturated heterocycles. The van der Waals surface area contributed by atoms with Crippen molar-refractivity contribution in [2.75, 3.05) is 0 Å². The van der Waals surface area contributed by atoms with E-state index < -0.39 is 0 Å². The number of hydrogen-bond acceptors (Lipinski definition) is 0. The molecule has 0 aliphatic carbocycles. The summed E-state index contributed by atoms with van der Waals surface area (Å²) in [7, 11) is 0. The number of benzene rings is 3. The summed E-state index contributed by atoms with van der Waals surface area (Å²) in [6.45, 7) is 22.3. The van der Waals surface area contributed by atoms with Gasteiger partial charge in [0, 0.05) is 0 Å². The topological polar surface area (TPSA) is 0 Å². The van der Waals surface area contributed by atoms with Crippen LogP contribution in [0, 0.1) is 0 Å². The molecule has 0 atom stereocenters. The summed E-state index contributed by atoms with van der Waals surface area (Å²) in [4.78, 5) is 0. The third-order valence-electron chi connectivity index (χ3n) is 4.30. The molecule has 0 nitrogen and oxygen atoms in total. The molecule has 3 aromatic rings. The molecule has 0 aromatic heterocycles. The Bertz CT molecular complexity index is 1000. The molecule has 3 rings (SSSR count). The van der Waals surface area contributed by atoms with Gasteiger partial charge >= 0.3 is 0 Å². The van der Waals surface area contributed by atoms with E-state index in [1.807, 2.05) is 39.8 Å². The Kier molecular flexibility index (Phi) is 8.58. The van der Waals surface area contributed by atoms with E-state index in [-0.39, 0.29) is 0 Å². The van der Waals surface area contributed by atoms with Gasteiger partial charge in [-0.2, -0.15) is 0 Å². The van der Waals surface area contributed by atoms with E-state index in [0.29, 0.717) is 0 Å². The van der Waals surface area contributed by atoms with E-state index in [1.54, 1.807) is 0 Å². The summed E-state index contributed by atoms with van der Waals surface area (Å²) in [5.41, 5.74) is 2.50. The minimum absolute atomic E-state index is 0.846. The normalized spacial score (nSPS) is 10.6. The van der Waals surface area contributed by atoms with Crippen LogP contribution in [-0.4, -0.2) is 0 Å². The lowest BCUT2D eigenvalue weighted by Gasteiger charge is -2.15. The summed E-state index contributed by atoms with van der Waals surface area (Å²) in [5.74, 6) is 0. The van der Waals surface area contributed by atoms with Gasteiger partial charge < -0.3 is 0 Å². The lowest BCUT2D eigenvalue weighted by Crippen LogP contribution is -2.09. The van der Waals surface area contributed by atoms with E-state index in [0.717, 1.165) is 11.6 Å². The second-order valence-corrected chi connectivity index (χ2v) is 5.49. The molecular formula is C26H32. The Balaban J connectivity index is 0.000000791. The highest BCUT2D eigenvalue weighted by Crippen LogP contribution is 2.30. The lowest BCUT2D eigenvalue weighted by molar-refractivity contribution is 1.33. The zero-order valence-corrected chi connectivity index (χ0v) is 17.0. The Morgan fingerprint density at radius 2 is 1.46 bits per heavy atom. The molecule has 136 valence electrons. The van der Waals surface area contributed by atoms with E-state index in [9.17, 15) is 0 Å². The maximum Gasteiger partial charge on any atom is -0.00357 e. The van der Waals surface area contributed by atoms with Gasteiger partial charge in [0.15, 0.2) is 0 Å². The van der Waals surface area contributed by atoms with Crippen LogP contribution in [0.5, 0.6) is 0 Å².